The largest absolute Gasteiger partial charge is 0.436 e. The van der Waals surface area contributed by atoms with Gasteiger partial charge in [-0.2, -0.15) is 5.10 Å². The van der Waals surface area contributed by atoms with Gasteiger partial charge in [0.25, 0.3) is 0 Å². The van der Waals surface area contributed by atoms with Gasteiger partial charge in [-0.1, -0.05) is 6.07 Å². The highest BCUT2D eigenvalue weighted by Crippen LogP contribution is 2.25. The smallest absolute Gasteiger partial charge is 0.230 e. The highest BCUT2D eigenvalue weighted by atomic mass is 19.2. The van der Waals surface area contributed by atoms with E-state index in [9.17, 15) is 8.78 Å². The zero-order valence-corrected chi connectivity index (χ0v) is 12.1. The first kappa shape index (κ1) is 13.6. The molecule has 0 aliphatic carbocycles. The summed E-state index contributed by atoms with van der Waals surface area (Å²) in [7, 11) is 0. The van der Waals surface area contributed by atoms with Crippen molar-refractivity contribution in [3.8, 4) is 17.1 Å². The van der Waals surface area contributed by atoms with Gasteiger partial charge in [-0.3, -0.25) is 0 Å². The van der Waals surface area contributed by atoms with E-state index in [1.165, 1.54) is 10.7 Å². The van der Waals surface area contributed by atoms with E-state index in [1.54, 1.807) is 12.4 Å². The molecule has 0 saturated heterocycles. The summed E-state index contributed by atoms with van der Waals surface area (Å²) < 4.78 is 33.5. The van der Waals surface area contributed by atoms with Crippen LogP contribution in [0, 0.1) is 18.6 Å². The third-order valence-corrected chi connectivity index (χ3v) is 3.54. The van der Waals surface area contributed by atoms with Gasteiger partial charge in [0.2, 0.25) is 5.89 Å². The van der Waals surface area contributed by atoms with Crippen molar-refractivity contribution in [1.82, 2.24) is 14.8 Å². The Morgan fingerprint density at radius 1 is 1.04 bits per heavy atom. The van der Waals surface area contributed by atoms with Crippen molar-refractivity contribution < 1.29 is 13.2 Å². The summed E-state index contributed by atoms with van der Waals surface area (Å²) in [5, 5.41) is 4.15. The Kier molecular flexibility index (Phi) is 2.97. The maximum Gasteiger partial charge on any atom is 0.230 e. The Morgan fingerprint density at radius 3 is 2.74 bits per heavy atom. The molecule has 0 radical (unpaired) electrons. The van der Waals surface area contributed by atoms with Crippen LogP contribution in [0.3, 0.4) is 0 Å². The SMILES string of the molecule is Cc1ccc2oc(-c3cnn(-c4ccc(F)c(F)c4)c3)nc2c1. The molecule has 0 amide bonds. The predicted molar refractivity (Wildman–Crippen MR) is 81.2 cm³/mol. The molecular weight excluding hydrogens is 300 g/mol. The Balaban J connectivity index is 1.75. The first-order chi connectivity index (χ1) is 11.1. The van der Waals surface area contributed by atoms with Crippen LogP contribution in [0.2, 0.25) is 0 Å². The second-order valence-electron chi connectivity index (χ2n) is 5.26. The van der Waals surface area contributed by atoms with Crippen molar-refractivity contribution in [2.45, 2.75) is 6.92 Å². The first-order valence-electron chi connectivity index (χ1n) is 6.98. The van der Waals surface area contributed by atoms with Crippen LogP contribution in [0.1, 0.15) is 5.56 Å². The van der Waals surface area contributed by atoms with E-state index in [-0.39, 0.29) is 0 Å². The molecule has 0 aliphatic rings. The van der Waals surface area contributed by atoms with Crippen molar-refractivity contribution in [1.29, 1.82) is 0 Å². The number of hydrogen-bond donors (Lipinski definition) is 0. The van der Waals surface area contributed by atoms with E-state index in [2.05, 4.69) is 10.1 Å². The second kappa shape index (κ2) is 5.01. The number of hydrogen-bond acceptors (Lipinski definition) is 3. The van der Waals surface area contributed by atoms with Crippen molar-refractivity contribution >= 4 is 11.1 Å². The summed E-state index contributed by atoms with van der Waals surface area (Å²) in [5.41, 5.74) is 3.62. The number of nitrogens with zero attached hydrogens (tertiary/aromatic N) is 3. The van der Waals surface area contributed by atoms with Crippen molar-refractivity contribution in [2.24, 2.45) is 0 Å². The summed E-state index contributed by atoms with van der Waals surface area (Å²) in [4.78, 5) is 4.43. The summed E-state index contributed by atoms with van der Waals surface area (Å²) in [5.74, 6) is -1.38. The average Bonchev–Trinajstić information content (AvgIpc) is 3.15. The van der Waals surface area contributed by atoms with Crippen LogP contribution in [0.15, 0.2) is 53.2 Å². The Bertz CT molecular complexity index is 1020. The fourth-order valence-corrected chi connectivity index (χ4v) is 2.36. The minimum absolute atomic E-state index is 0.419. The number of rotatable bonds is 2. The van der Waals surface area contributed by atoms with Crippen molar-refractivity contribution in [3.05, 3.63) is 66.0 Å². The monoisotopic (exact) mass is 311 g/mol. The Hall–Kier alpha value is -3.02. The maximum atomic E-state index is 13.3. The molecule has 4 rings (SSSR count). The summed E-state index contributed by atoms with van der Waals surface area (Å²) in [6, 6.07) is 9.34. The standard InChI is InChI=1S/C17H11F2N3O/c1-10-2-5-16-15(6-10)21-17(23-16)11-8-20-22(9-11)12-3-4-13(18)14(19)7-12/h2-9H,1H3. The highest BCUT2D eigenvalue weighted by Gasteiger charge is 2.12. The zero-order chi connectivity index (χ0) is 16.0. The van der Waals surface area contributed by atoms with Crippen LogP contribution in [-0.2, 0) is 0 Å². The quantitative estimate of drug-likeness (QED) is 0.555. The Morgan fingerprint density at radius 2 is 1.91 bits per heavy atom. The van der Waals surface area contributed by atoms with Gasteiger partial charge in [0.05, 0.1) is 17.4 Å². The number of benzene rings is 2. The van der Waals surface area contributed by atoms with Gasteiger partial charge in [-0.25, -0.2) is 18.4 Å². The molecule has 4 nitrogen and oxygen atoms in total. The molecule has 23 heavy (non-hydrogen) atoms. The molecule has 0 N–H and O–H groups in total. The number of aryl methyl sites for hydroxylation is 1. The molecule has 0 fully saturated rings. The van der Waals surface area contributed by atoms with Gasteiger partial charge < -0.3 is 4.42 Å². The molecule has 2 heterocycles. The molecule has 0 unspecified atom stereocenters. The van der Waals surface area contributed by atoms with E-state index in [1.807, 2.05) is 25.1 Å². The lowest BCUT2D eigenvalue weighted by atomic mass is 10.2. The van der Waals surface area contributed by atoms with Crippen LogP contribution >= 0.6 is 0 Å². The van der Waals surface area contributed by atoms with Gasteiger partial charge in [0.1, 0.15) is 5.52 Å². The van der Waals surface area contributed by atoms with Gasteiger partial charge in [0.15, 0.2) is 17.2 Å². The number of oxazole rings is 1. The molecule has 0 atom stereocenters. The van der Waals surface area contributed by atoms with E-state index in [0.717, 1.165) is 23.2 Å². The fraction of sp³-hybridized carbons (Fsp3) is 0.0588. The minimum atomic E-state index is -0.920. The van der Waals surface area contributed by atoms with E-state index >= 15 is 0 Å². The first-order valence-corrected chi connectivity index (χ1v) is 6.98. The number of aromatic nitrogens is 3. The van der Waals surface area contributed by atoms with Gasteiger partial charge in [0, 0.05) is 12.3 Å². The summed E-state index contributed by atoms with van der Waals surface area (Å²) in [6.07, 6.45) is 3.23. The van der Waals surface area contributed by atoms with Gasteiger partial charge in [-0.05, 0) is 36.8 Å². The lowest BCUT2D eigenvalue weighted by molar-refractivity contribution is 0.507. The summed E-state index contributed by atoms with van der Waals surface area (Å²) >= 11 is 0. The average molecular weight is 311 g/mol. The van der Waals surface area contributed by atoms with Crippen LogP contribution in [0.25, 0.3) is 28.2 Å². The van der Waals surface area contributed by atoms with E-state index in [4.69, 9.17) is 4.42 Å². The van der Waals surface area contributed by atoms with Crippen LogP contribution in [0.5, 0.6) is 0 Å². The molecule has 0 bridgehead atoms. The normalized spacial score (nSPS) is 11.3. The maximum absolute atomic E-state index is 13.3. The third kappa shape index (κ3) is 2.38. The molecule has 0 saturated carbocycles. The molecule has 6 heteroatoms. The topological polar surface area (TPSA) is 43.9 Å². The predicted octanol–water partition coefficient (Wildman–Crippen LogP) is 4.27. The van der Waals surface area contributed by atoms with E-state index < -0.39 is 11.6 Å². The Labute approximate surface area is 130 Å². The van der Waals surface area contributed by atoms with Crippen LogP contribution < -0.4 is 0 Å². The second-order valence-corrected chi connectivity index (χ2v) is 5.26. The van der Waals surface area contributed by atoms with Crippen molar-refractivity contribution in [3.63, 3.8) is 0 Å². The molecular formula is C17H11F2N3O. The molecule has 2 aromatic heterocycles. The van der Waals surface area contributed by atoms with E-state index in [0.29, 0.717) is 22.7 Å². The molecule has 0 spiro atoms. The number of halogens is 2. The minimum Gasteiger partial charge on any atom is -0.436 e. The number of fused-ring (bicyclic) bond motifs is 1. The lowest BCUT2D eigenvalue weighted by Gasteiger charge is -2.01. The summed E-state index contributed by atoms with van der Waals surface area (Å²) in [6.45, 7) is 1.98. The van der Waals surface area contributed by atoms with Crippen molar-refractivity contribution in [2.75, 3.05) is 0 Å². The zero-order valence-electron chi connectivity index (χ0n) is 12.1. The lowest BCUT2D eigenvalue weighted by Crippen LogP contribution is -1.96. The highest BCUT2D eigenvalue weighted by molar-refractivity contribution is 5.76. The molecule has 4 aromatic rings. The fourth-order valence-electron chi connectivity index (χ4n) is 2.36. The van der Waals surface area contributed by atoms with Gasteiger partial charge >= 0.3 is 0 Å². The van der Waals surface area contributed by atoms with Gasteiger partial charge in [-0.15, -0.1) is 0 Å². The third-order valence-electron chi connectivity index (χ3n) is 3.54. The van der Waals surface area contributed by atoms with Crippen LogP contribution in [-0.4, -0.2) is 14.8 Å². The molecule has 114 valence electrons. The van der Waals surface area contributed by atoms with Crippen LogP contribution in [0.4, 0.5) is 8.78 Å². The molecule has 2 aromatic carbocycles. The molecule has 0 aliphatic heterocycles.